The van der Waals surface area contributed by atoms with Crippen LogP contribution in [0.4, 0.5) is 0 Å². The van der Waals surface area contributed by atoms with Crippen LogP contribution in [0.5, 0.6) is 0 Å². The highest BCUT2D eigenvalue weighted by Gasteiger charge is 2.44. The molecule has 1 aliphatic carbocycles. The second kappa shape index (κ2) is 7.74. The van der Waals surface area contributed by atoms with Crippen molar-refractivity contribution in [3.63, 3.8) is 0 Å². The second-order valence-electron chi connectivity index (χ2n) is 6.41. The maximum absolute atomic E-state index is 5.95. The Morgan fingerprint density at radius 2 is 1.95 bits per heavy atom. The quantitative estimate of drug-likeness (QED) is 0.530. The number of rotatable bonds is 8. The molecule has 0 aromatic carbocycles. The van der Waals surface area contributed by atoms with Crippen LogP contribution >= 0.6 is 0 Å². The molecule has 1 heterocycles. The third-order valence-corrected chi connectivity index (χ3v) is 5.51. The molecule has 1 saturated carbocycles. The third-order valence-electron chi connectivity index (χ3n) is 5.51. The first-order valence-corrected chi connectivity index (χ1v) is 8.59. The summed E-state index contributed by atoms with van der Waals surface area (Å²) in [5, 5.41) is 0. The molecule has 0 amide bonds. The van der Waals surface area contributed by atoms with Crippen LogP contribution in [-0.2, 0) is 4.74 Å². The molecule has 1 aliphatic heterocycles. The molecule has 20 heavy (non-hydrogen) atoms. The van der Waals surface area contributed by atoms with Crippen LogP contribution in [0.2, 0.25) is 0 Å². The summed E-state index contributed by atoms with van der Waals surface area (Å²) in [5.41, 5.74) is 3.44. The molecule has 0 spiro atoms. The van der Waals surface area contributed by atoms with Crippen molar-refractivity contribution in [3.05, 3.63) is 0 Å². The van der Waals surface area contributed by atoms with Crippen LogP contribution in [0, 0.1) is 0 Å². The van der Waals surface area contributed by atoms with Crippen molar-refractivity contribution >= 4 is 0 Å². The molecule has 2 atom stereocenters. The fourth-order valence-corrected chi connectivity index (χ4v) is 4.46. The second-order valence-corrected chi connectivity index (χ2v) is 6.41. The largest absolute Gasteiger partial charge is 0.378 e. The number of hydrogen-bond acceptors (Lipinski definition) is 4. The molecule has 0 bridgehead atoms. The maximum Gasteiger partial charge on any atom is 0.0576 e. The lowest BCUT2D eigenvalue weighted by atomic mass is 9.83. The first kappa shape index (κ1) is 16.2. The van der Waals surface area contributed by atoms with Crippen molar-refractivity contribution in [1.82, 2.24) is 10.3 Å². The number of nitrogens with two attached hydrogens (primary N) is 1. The Morgan fingerprint density at radius 1 is 1.25 bits per heavy atom. The summed E-state index contributed by atoms with van der Waals surface area (Å²) >= 11 is 0. The van der Waals surface area contributed by atoms with Crippen molar-refractivity contribution in [3.8, 4) is 0 Å². The van der Waals surface area contributed by atoms with Gasteiger partial charge in [0.05, 0.1) is 6.10 Å². The van der Waals surface area contributed by atoms with Crippen LogP contribution in [0.25, 0.3) is 0 Å². The Labute approximate surface area is 124 Å². The summed E-state index contributed by atoms with van der Waals surface area (Å²) in [7, 11) is 0. The van der Waals surface area contributed by atoms with Gasteiger partial charge in [0.2, 0.25) is 0 Å². The summed E-state index contributed by atoms with van der Waals surface area (Å²) in [6, 6.07) is 0.397. The molecule has 4 nitrogen and oxygen atoms in total. The van der Waals surface area contributed by atoms with E-state index < -0.39 is 0 Å². The normalized spacial score (nSPS) is 27.3. The molecule has 4 heteroatoms. The first-order chi connectivity index (χ1) is 9.76. The number of nitrogens with one attached hydrogen (secondary N) is 1. The van der Waals surface area contributed by atoms with Gasteiger partial charge in [0.1, 0.15) is 0 Å². The molecule has 3 N–H and O–H groups in total. The minimum absolute atomic E-state index is 0.275. The standard InChI is InChI=1S/C16H33N3O/c1-3-19(4-2)16(11-5-6-12-16)15(18-17)10-9-14-8-7-13-20-14/h14-15,18H,3-13,17H2,1-2H3. The monoisotopic (exact) mass is 283 g/mol. The highest BCUT2D eigenvalue weighted by molar-refractivity contribution is 5.02. The minimum Gasteiger partial charge on any atom is -0.378 e. The zero-order valence-electron chi connectivity index (χ0n) is 13.4. The average molecular weight is 283 g/mol. The van der Waals surface area contributed by atoms with Crippen LogP contribution in [0.15, 0.2) is 0 Å². The number of hydrazine groups is 1. The van der Waals surface area contributed by atoms with E-state index in [0.717, 1.165) is 32.5 Å². The highest BCUT2D eigenvalue weighted by atomic mass is 16.5. The van der Waals surface area contributed by atoms with Crippen LogP contribution in [-0.4, -0.2) is 42.3 Å². The van der Waals surface area contributed by atoms with Gasteiger partial charge < -0.3 is 4.74 Å². The van der Waals surface area contributed by atoms with Gasteiger partial charge >= 0.3 is 0 Å². The van der Waals surface area contributed by atoms with Crippen molar-refractivity contribution in [1.29, 1.82) is 0 Å². The minimum atomic E-state index is 0.275. The molecule has 0 aromatic rings. The number of hydrogen-bond donors (Lipinski definition) is 2. The van der Waals surface area contributed by atoms with Gasteiger partial charge in [0.25, 0.3) is 0 Å². The maximum atomic E-state index is 5.95. The molecule has 1 saturated heterocycles. The topological polar surface area (TPSA) is 50.5 Å². The first-order valence-electron chi connectivity index (χ1n) is 8.59. The van der Waals surface area contributed by atoms with Crippen molar-refractivity contribution in [2.24, 2.45) is 5.84 Å². The fourth-order valence-electron chi connectivity index (χ4n) is 4.46. The summed E-state index contributed by atoms with van der Waals surface area (Å²) < 4.78 is 5.77. The van der Waals surface area contributed by atoms with E-state index in [1.54, 1.807) is 0 Å². The van der Waals surface area contributed by atoms with Crippen molar-refractivity contribution in [2.45, 2.75) is 82.9 Å². The van der Waals surface area contributed by atoms with Crippen molar-refractivity contribution < 1.29 is 4.74 Å². The predicted octanol–water partition coefficient (Wildman–Crippen LogP) is 2.43. The third kappa shape index (κ3) is 3.35. The lowest BCUT2D eigenvalue weighted by Crippen LogP contribution is -2.61. The van der Waals surface area contributed by atoms with Gasteiger partial charge in [-0.05, 0) is 51.6 Å². The molecular formula is C16H33N3O. The Bertz CT molecular complexity index is 269. The molecule has 118 valence electrons. The summed E-state index contributed by atoms with van der Waals surface area (Å²) in [4.78, 5) is 2.64. The highest BCUT2D eigenvalue weighted by Crippen LogP contribution is 2.39. The summed E-state index contributed by atoms with van der Waals surface area (Å²) in [6.45, 7) is 7.74. The van der Waals surface area contributed by atoms with Crippen LogP contribution in [0.3, 0.4) is 0 Å². The van der Waals surface area contributed by atoms with Gasteiger partial charge in [-0.15, -0.1) is 0 Å². The molecular weight excluding hydrogens is 250 g/mol. The summed E-state index contributed by atoms with van der Waals surface area (Å²) in [5.74, 6) is 5.95. The Morgan fingerprint density at radius 3 is 2.45 bits per heavy atom. The van der Waals surface area contributed by atoms with E-state index in [2.05, 4.69) is 24.2 Å². The van der Waals surface area contributed by atoms with Gasteiger partial charge in [-0.2, -0.15) is 0 Å². The number of nitrogens with zero attached hydrogens (tertiary/aromatic N) is 1. The van der Waals surface area contributed by atoms with Gasteiger partial charge in [-0.3, -0.25) is 16.2 Å². The SMILES string of the molecule is CCN(CC)C1(C(CCC2CCCO2)NN)CCCC1. The lowest BCUT2D eigenvalue weighted by molar-refractivity contribution is 0.0464. The van der Waals surface area contributed by atoms with Crippen LogP contribution < -0.4 is 11.3 Å². The zero-order chi connectivity index (χ0) is 14.4. The van der Waals surface area contributed by atoms with E-state index in [-0.39, 0.29) is 5.54 Å². The molecule has 0 radical (unpaired) electrons. The average Bonchev–Trinajstić information content (AvgIpc) is 3.13. The van der Waals surface area contributed by atoms with Gasteiger partial charge in [0, 0.05) is 18.2 Å². The molecule has 0 aromatic heterocycles. The smallest absolute Gasteiger partial charge is 0.0576 e. The Balaban J connectivity index is 2.00. The molecule has 2 unspecified atom stereocenters. The number of likely N-dealkylation sites (N-methyl/N-ethyl adjacent to an activating group) is 1. The van der Waals surface area contributed by atoms with E-state index in [1.165, 1.54) is 38.5 Å². The van der Waals surface area contributed by atoms with Gasteiger partial charge in [0.15, 0.2) is 0 Å². The fraction of sp³-hybridized carbons (Fsp3) is 1.00. The van der Waals surface area contributed by atoms with E-state index >= 15 is 0 Å². The van der Waals surface area contributed by atoms with E-state index in [0.29, 0.717) is 12.1 Å². The molecule has 2 aliphatic rings. The van der Waals surface area contributed by atoms with Gasteiger partial charge in [-0.25, -0.2) is 0 Å². The van der Waals surface area contributed by atoms with E-state index in [4.69, 9.17) is 10.6 Å². The van der Waals surface area contributed by atoms with Crippen molar-refractivity contribution in [2.75, 3.05) is 19.7 Å². The van der Waals surface area contributed by atoms with E-state index in [1.807, 2.05) is 0 Å². The van der Waals surface area contributed by atoms with Gasteiger partial charge in [-0.1, -0.05) is 26.7 Å². The predicted molar refractivity (Wildman–Crippen MR) is 83.4 cm³/mol. The molecule has 2 fully saturated rings. The lowest BCUT2D eigenvalue weighted by Gasteiger charge is -2.46. The number of ether oxygens (including phenoxy) is 1. The zero-order valence-corrected chi connectivity index (χ0v) is 13.4. The van der Waals surface area contributed by atoms with E-state index in [9.17, 15) is 0 Å². The summed E-state index contributed by atoms with van der Waals surface area (Å²) in [6.07, 6.45) is 10.5. The Hall–Kier alpha value is -0.160. The van der Waals surface area contributed by atoms with Crippen LogP contribution in [0.1, 0.15) is 65.2 Å². The molecule has 2 rings (SSSR count). The Kier molecular flexibility index (Phi) is 6.27.